The van der Waals surface area contributed by atoms with E-state index in [0.29, 0.717) is 12.5 Å². The van der Waals surface area contributed by atoms with Crippen LogP contribution in [0.5, 0.6) is 0 Å². The van der Waals surface area contributed by atoms with Crippen LogP contribution >= 0.6 is 11.3 Å². The number of rotatable bonds is 1. The molecule has 3 rings (SSSR count). The molecule has 2 aromatic rings. The van der Waals surface area contributed by atoms with E-state index in [1.54, 1.807) is 11.3 Å². The maximum absolute atomic E-state index is 12.2. The molecule has 0 N–H and O–H groups in total. The quantitative estimate of drug-likeness (QED) is 0.775. The van der Waals surface area contributed by atoms with Crippen LogP contribution in [0, 0.1) is 0 Å². The molecule has 0 aliphatic carbocycles. The Bertz CT molecular complexity index is 594. The average Bonchev–Trinajstić information content (AvgIpc) is 2.74. The summed E-state index contributed by atoms with van der Waals surface area (Å²) >= 11 is 1.75. The Morgan fingerprint density at radius 1 is 1.35 bits per heavy atom. The highest BCUT2D eigenvalue weighted by molar-refractivity contribution is 7.17. The van der Waals surface area contributed by atoms with E-state index in [1.165, 1.54) is 16.0 Å². The second kappa shape index (κ2) is 3.68. The average molecular weight is 248 g/mol. The predicted molar refractivity (Wildman–Crippen MR) is 70.9 cm³/mol. The zero-order valence-corrected chi connectivity index (χ0v) is 11.2. The Hall–Kier alpha value is -1.13. The first-order valence-corrected chi connectivity index (χ1v) is 6.80. The summed E-state index contributed by atoms with van der Waals surface area (Å²) in [5.74, 6) is 0.663. The molecule has 4 heteroatoms. The van der Waals surface area contributed by atoms with E-state index < -0.39 is 0 Å². The number of thiophene rings is 1. The Morgan fingerprint density at radius 2 is 2.12 bits per heavy atom. The normalized spacial score (nSPS) is 17.1. The fourth-order valence-electron chi connectivity index (χ4n) is 2.73. The van der Waals surface area contributed by atoms with Gasteiger partial charge < -0.3 is 0 Å². The summed E-state index contributed by atoms with van der Waals surface area (Å²) in [5.41, 5.74) is 3.65. The van der Waals surface area contributed by atoms with Gasteiger partial charge in [-0.15, -0.1) is 11.3 Å². The molecule has 0 spiro atoms. The molecule has 1 aliphatic rings. The fraction of sp³-hybridized carbons (Fsp3) is 0.462. The summed E-state index contributed by atoms with van der Waals surface area (Å²) in [6, 6.07) is 2.07. The molecule has 1 aliphatic heterocycles. The zero-order chi connectivity index (χ0) is 12.2. The van der Waals surface area contributed by atoms with Gasteiger partial charge in [0.15, 0.2) is 0 Å². The second-order valence-corrected chi connectivity index (χ2v) is 5.97. The smallest absolute Gasteiger partial charge is 0.245 e. The molecule has 0 unspecified atom stereocenters. The van der Waals surface area contributed by atoms with E-state index in [4.69, 9.17) is 0 Å². The number of fused-ring (bicyclic) bond motifs is 3. The minimum atomic E-state index is 0.198. The van der Waals surface area contributed by atoms with Crippen LogP contribution in [-0.2, 0) is 6.54 Å². The van der Waals surface area contributed by atoms with E-state index in [-0.39, 0.29) is 5.91 Å². The molecule has 0 amide bonds. The number of carbonyl (C=O) groups excluding carboxylic acids is 1. The summed E-state index contributed by atoms with van der Waals surface area (Å²) in [4.78, 5) is 14.3. The van der Waals surface area contributed by atoms with Crippen LogP contribution < -0.4 is 0 Å². The molecule has 3 nitrogen and oxygen atoms in total. The molecule has 0 bridgehead atoms. The third-order valence-electron chi connectivity index (χ3n) is 3.36. The topological polar surface area (TPSA) is 25.2 Å². The van der Waals surface area contributed by atoms with Crippen LogP contribution in [0.1, 0.15) is 35.8 Å². The van der Waals surface area contributed by atoms with Crippen LogP contribution in [0.4, 0.5) is 0 Å². The molecule has 0 radical (unpaired) electrons. The van der Waals surface area contributed by atoms with Gasteiger partial charge in [-0.05, 0) is 30.0 Å². The van der Waals surface area contributed by atoms with Gasteiger partial charge in [0.1, 0.15) is 0 Å². The van der Waals surface area contributed by atoms with E-state index in [9.17, 15) is 4.79 Å². The van der Waals surface area contributed by atoms with Crippen LogP contribution in [0.15, 0.2) is 11.4 Å². The fourth-order valence-corrected chi connectivity index (χ4v) is 3.82. The first-order chi connectivity index (χ1) is 8.09. The lowest BCUT2D eigenvalue weighted by Gasteiger charge is -2.25. The van der Waals surface area contributed by atoms with Gasteiger partial charge in [-0.3, -0.25) is 14.3 Å². The number of hydrogen-bond acceptors (Lipinski definition) is 3. The Morgan fingerprint density at radius 3 is 2.82 bits per heavy atom. The van der Waals surface area contributed by atoms with Crippen molar-refractivity contribution >= 4 is 27.5 Å². The molecule has 17 heavy (non-hydrogen) atoms. The van der Waals surface area contributed by atoms with Gasteiger partial charge in [-0.25, -0.2) is 0 Å². The van der Waals surface area contributed by atoms with E-state index >= 15 is 0 Å². The van der Waals surface area contributed by atoms with E-state index in [2.05, 4.69) is 30.2 Å². The van der Waals surface area contributed by atoms with Crippen molar-refractivity contribution in [2.75, 3.05) is 13.6 Å². The molecule has 90 valence electrons. The summed E-state index contributed by atoms with van der Waals surface area (Å²) in [6.07, 6.45) is 0. The third kappa shape index (κ3) is 1.47. The molecular weight excluding hydrogens is 232 g/mol. The van der Waals surface area contributed by atoms with Gasteiger partial charge in [-0.2, -0.15) is 0 Å². The summed E-state index contributed by atoms with van der Waals surface area (Å²) in [7, 11) is 2.01. The van der Waals surface area contributed by atoms with Gasteiger partial charge in [0.05, 0.1) is 16.8 Å². The Balaban J connectivity index is 2.36. The van der Waals surface area contributed by atoms with Gasteiger partial charge in [0, 0.05) is 12.2 Å². The number of likely N-dealkylation sites (N-methyl/N-ethyl adjacent to an activating group) is 1. The van der Waals surface area contributed by atoms with Gasteiger partial charge in [0.25, 0.3) is 0 Å². The van der Waals surface area contributed by atoms with Crippen molar-refractivity contribution in [1.29, 1.82) is 0 Å². The zero-order valence-electron chi connectivity index (χ0n) is 10.4. The second-order valence-electron chi connectivity index (χ2n) is 5.05. The lowest BCUT2D eigenvalue weighted by molar-refractivity contribution is 0.0825. The van der Waals surface area contributed by atoms with Gasteiger partial charge in [0.2, 0.25) is 5.91 Å². The maximum atomic E-state index is 12.2. The van der Waals surface area contributed by atoms with Crippen LogP contribution in [0.25, 0.3) is 10.2 Å². The molecule has 0 aromatic carbocycles. The van der Waals surface area contributed by atoms with Gasteiger partial charge in [-0.1, -0.05) is 13.8 Å². The number of carbonyl (C=O) groups is 1. The SMILES string of the molecule is CC(C)c1c2n(c3ccsc13)C(=O)CN(C)C2. The van der Waals surface area contributed by atoms with Crippen molar-refractivity contribution in [2.24, 2.45) is 0 Å². The molecule has 3 heterocycles. The van der Waals surface area contributed by atoms with Crippen molar-refractivity contribution in [3.8, 4) is 0 Å². The molecule has 0 atom stereocenters. The number of nitrogens with zero attached hydrogens (tertiary/aromatic N) is 2. The molecule has 0 saturated carbocycles. The Labute approximate surface area is 105 Å². The molecular formula is C13H16N2OS. The first-order valence-electron chi connectivity index (χ1n) is 5.92. The van der Waals surface area contributed by atoms with Crippen molar-refractivity contribution in [3.05, 3.63) is 22.7 Å². The van der Waals surface area contributed by atoms with Crippen molar-refractivity contribution in [1.82, 2.24) is 9.47 Å². The van der Waals surface area contributed by atoms with Crippen molar-refractivity contribution in [3.63, 3.8) is 0 Å². The number of hydrogen-bond donors (Lipinski definition) is 0. The highest BCUT2D eigenvalue weighted by Crippen LogP contribution is 2.37. The standard InChI is InChI=1S/C13H16N2OS/c1-8(2)12-10-6-14(3)7-11(16)15(10)9-4-5-17-13(9)12/h4-5,8H,6-7H2,1-3H3. The molecule has 2 aromatic heterocycles. The largest absolute Gasteiger partial charge is 0.292 e. The van der Waals surface area contributed by atoms with E-state index in [1.807, 2.05) is 11.6 Å². The van der Waals surface area contributed by atoms with Gasteiger partial charge >= 0.3 is 0 Å². The third-order valence-corrected chi connectivity index (χ3v) is 4.30. The van der Waals surface area contributed by atoms with Crippen LogP contribution in [0.3, 0.4) is 0 Å². The summed E-state index contributed by atoms with van der Waals surface area (Å²) in [5, 5.41) is 2.08. The number of aromatic nitrogens is 1. The predicted octanol–water partition coefficient (Wildman–Crippen LogP) is 2.91. The van der Waals surface area contributed by atoms with Crippen LogP contribution in [0.2, 0.25) is 0 Å². The minimum Gasteiger partial charge on any atom is -0.292 e. The highest BCUT2D eigenvalue weighted by Gasteiger charge is 2.28. The first kappa shape index (κ1) is 11.0. The van der Waals surface area contributed by atoms with Crippen molar-refractivity contribution in [2.45, 2.75) is 26.3 Å². The minimum absolute atomic E-state index is 0.198. The molecule has 0 saturated heterocycles. The molecule has 0 fully saturated rings. The lowest BCUT2D eigenvalue weighted by atomic mass is 10.0. The van der Waals surface area contributed by atoms with Crippen LogP contribution in [-0.4, -0.2) is 29.0 Å². The summed E-state index contributed by atoms with van der Waals surface area (Å²) in [6.45, 7) is 5.80. The summed E-state index contributed by atoms with van der Waals surface area (Å²) < 4.78 is 3.22. The Kier molecular flexibility index (Phi) is 2.38. The van der Waals surface area contributed by atoms with E-state index in [0.717, 1.165) is 12.1 Å². The maximum Gasteiger partial charge on any atom is 0.245 e. The lowest BCUT2D eigenvalue weighted by Crippen LogP contribution is -2.36. The monoisotopic (exact) mass is 248 g/mol. The highest BCUT2D eigenvalue weighted by atomic mass is 32.1. The van der Waals surface area contributed by atoms with Crippen molar-refractivity contribution < 1.29 is 4.79 Å².